The zero-order chi connectivity index (χ0) is 20.8. The Kier molecular flexibility index (Phi) is 4.83. The molecule has 0 spiro atoms. The molecule has 7 nitrogen and oxygen atoms in total. The van der Waals surface area contributed by atoms with Crippen molar-refractivity contribution in [2.24, 2.45) is 0 Å². The lowest BCUT2D eigenvalue weighted by Crippen LogP contribution is -2.35. The van der Waals surface area contributed by atoms with Crippen LogP contribution in [0.5, 0.6) is 0 Å². The van der Waals surface area contributed by atoms with Crippen molar-refractivity contribution >= 4 is 38.1 Å². The number of carbonyl (C=O) groups is 1. The molecule has 1 unspecified atom stereocenters. The molecule has 1 N–H and O–H groups in total. The largest absolute Gasteiger partial charge is 0.296 e. The van der Waals surface area contributed by atoms with E-state index in [0.29, 0.717) is 12.1 Å². The number of carbonyl (C=O) groups excluding carboxylic acids is 1. The first kappa shape index (κ1) is 19.5. The van der Waals surface area contributed by atoms with Gasteiger partial charge in [-0.2, -0.15) is 8.42 Å². The lowest BCUT2D eigenvalue weighted by molar-refractivity contribution is 0.102. The van der Waals surface area contributed by atoms with Gasteiger partial charge in [-0.1, -0.05) is 23.5 Å². The average molecular weight is 433 g/mol. The van der Waals surface area contributed by atoms with Gasteiger partial charge in [-0.25, -0.2) is 4.39 Å². The highest BCUT2D eigenvalue weighted by Crippen LogP contribution is 2.38. The molecule has 0 aliphatic carbocycles. The quantitative estimate of drug-likeness (QED) is 0.638. The number of hydrogen-bond acceptors (Lipinski definition) is 6. The fourth-order valence-electron chi connectivity index (χ4n) is 3.28. The molecule has 4 rings (SSSR count). The predicted octanol–water partition coefficient (Wildman–Crippen LogP) is 3.38. The number of benzene rings is 2. The summed E-state index contributed by atoms with van der Waals surface area (Å²) in [6.07, 6.45) is 0.613. The maximum Gasteiger partial charge on any atom is 0.293 e. The van der Waals surface area contributed by atoms with Gasteiger partial charge in [0.1, 0.15) is 5.82 Å². The number of aryl methyl sites for hydroxylation is 1. The van der Waals surface area contributed by atoms with Gasteiger partial charge in [0, 0.05) is 11.6 Å². The number of rotatable bonds is 4. The molecule has 150 valence electrons. The zero-order valence-electron chi connectivity index (χ0n) is 15.6. The van der Waals surface area contributed by atoms with Crippen LogP contribution in [-0.2, 0) is 16.4 Å². The summed E-state index contributed by atoms with van der Waals surface area (Å²) in [5.74, 6) is -0.985. The smallest absolute Gasteiger partial charge is 0.293 e. The first-order chi connectivity index (χ1) is 13.8. The highest BCUT2D eigenvalue weighted by atomic mass is 32.2. The number of nitrogens with zero attached hydrogens (tertiary/aromatic N) is 3. The predicted molar refractivity (Wildman–Crippen MR) is 108 cm³/mol. The molecule has 3 aromatic rings. The molecule has 0 saturated carbocycles. The van der Waals surface area contributed by atoms with Gasteiger partial charge in [0.2, 0.25) is 5.13 Å². The van der Waals surface area contributed by atoms with E-state index in [-0.39, 0.29) is 21.1 Å². The molecule has 0 radical (unpaired) electrons. The highest BCUT2D eigenvalue weighted by Gasteiger charge is 2.38. The van der Waals surface area contributed by atoms with Gasteiger partial charge in [0.15, 0.2) is 0 Å². The van der Waals surface area contributed by atoms with Gasteiger partial charge in [-0.3, -0.25) is 14.4 Å². The van der Waals surface area contributed by atoms with Crippen molar-refractivity contribution in [3.63, 3.8) is 0 Å². The lowest BCUT2D eigenvalue weighted by atomic mass is 10.1. The van der Waals surface area contributed by atoms with Gasteiger partial charge in [-0.05, 0) is 61.7 Å². The number of fused-ring (bicyclic) bond motifs is 1. The van der Waals surface area contributed by atoms with Crippen molar-refractivity contribution in [2.45, 2.75) is 30.6 Å². The van der Waals surface area contributed by atoms with Gasteiger partial charge < -0.3 is 0 Å². The van der Waals surface area contributed by atoms with Crippen molar-refractivity contribution in [1.29, 1.82) is 0 Å². The van der Waals surface area contributed by atoms with Crippen molar-refractivity contribution in [3.8, 4) is 0 Å². The zero-order valence-corrected chi connectivity index (χ0v) is 17.2. The molecule has 0 bridgehead atoms. The summed E-state index contributed by atoms with van der Waals surface area (Å²) in [7, 11) is -3.93. The third-order valence-electron chi connectivity index (χ3n) is 4.61. The van der Waals surface area contributed by atoms with Gasteiger partial charge in [-0.15, -0.1) is 10.2 Å². The molecule has 1 amide bonds. The minimum Gasteiger partial charge on any atom is -0.296 e. The van der Waals surface area contributed by atoms with Crippen molar-refractivity contribution in [2.75, 3.05) is 9.62 Å². The second-order valence-corrected chi connectivity index (χ2v) is 9.79. The Bertz CT molecular complexity index is 1190. The maximum atomic E-state index is 13.2. The first-order valence-corrected chi connectivity index (χ1v) is 11.1. The summed E-state index contributed by atoms with van der Waals surface area (Å²) in [6.45, 7) is 3.74. The van der Waals surface area contributed by atoms with Crippen LogP contribution in [-0.4, -0.2) is 30.6 Å². The Balaban J connectivity index is 1.60. The van der Waals surface area contributed by atoms with E-state index in [4.69, 9.17) is 0 Å². The van der Waals surface area contributed by atoms with Crippen LogP contribution in [0.1, 0.15) is 28.4 Å². The average Bonchev–Trinajstić information content (AvgIpc) is 3.26. The van der Waals surface area contributed by atoms with E-state index in [9.17, 15) is 17.6 Å². The van der Waals surface area contributed by atoms with Gasteiger partial charge in [0.25, 0.3) is 20.3 Å². The summed E-state index contributed by atoms with van der Waals surface area (Å²) < 4.78 is 40.6. The van der Waals surface area contributed by atoms with Crippen LogP contribution >= 0.6 is 11.3 Å². The molecule has 10 heteroatoms. The molecule has 0 saturated heterocycles. The second-order valence-electron chi connectivity index (χ2n) is 6.82. The normalized spacial score (nSPS) is 16.0. The summed E-state index contributed by atoms with van der Waals surface area (Å²) in [5.41, 5.74) is 2.79. The second kappa shape index (κ2) is 7.20. The fourth-order valence-corrected chi connectivity index (χ4v) is 5.94. The minimum atomic E-state index is -3.93. The Hall–Kier alpha value is -2.85. The monoisotopic (exact) mass is 432 g/mol. The number of nitrogens with one attached hydrogen (secondary N) is 1. The summed E-state index contributed by atoms with van der Waals surface area (Å²) >= 11 is 0.776. The molecule has 1 aliphatic rings. The van der Waals surface area contributed by atoms with E-state index in [0.717, 1.165) is 22.5 Å². The minimum absolute atomic E-state index is 0.0502. The molecule has 2 heterocycles. The molecular weight excluding hydrogens is 415 g/mol. The molecule has 1 atom stereocenters. The summed E-state index contributed by atoms with van der Waals surface area (Å²) in [4.78, 5) is 12.2. The number of aromatic nitrogens is 2. The van der Waals surface area contributed by atoms with Gasteiger partial charge >= 0.3 is 0 Å². The van der Waals surface area contributed by atoms with Gasteiger partial charge in [0.05, 0.1) is 5.69 Å². The summed E-state index contributed by atoms with van der Waals surface area (Å²) in [6, 6.07) is 10.5. The number of hydrogen-bond donors (Lipinski definition) is 1. The Morgan fingerprint density at radius 3 is 2.66 bits per heavy atom. The Morgan fingerprint density at radius 1 is 1.21 bits per heavy atom. The van der Waals surface area contributed by atoms with Crippen LogP contribution in [0.2, 0.25) is 0 Å². The van der Waals surface area contributed by atoms with Crippen molar-refractivity contribution in [1.82, 2.24) is 10.2 Å². The number of sulfonamides is 1. The standard InChI is InChI=1S/C19H17FN4O3S2/c1-11-3-4-14-10-12(2)24(16(14)9-11)29(26,27)19-23-22-18(28-19)21-17(25)13-5-7-15(20)8-6-13/h3-9,12H,10H2,1-2H3,(H,21,22,25). The third-order valence-corrected chi connectivity index (χ3v) is 7.72. The number of anilines is 2. The van der Waals surface area contributed by atoms with Crippen molar-refractivity contribution in [3.05, 3.63) is 65.0 Å². The molecule has 1 aliphatic heterocycles. The Labute approximate surface area is 171 Å². The first-order valence-electron chi connectivity index (χ1n) is 8.80. The summed E-state index contributed by atoms with van der Waals surface area (Å²) in [5, 5.41) is 10.1. The van der Waals surface area contributed by atoms with Crippen LogP contribution in [0.15, 0.2) is 46.8 Å². The lowest BCUT2D eigenvalue weighted by Gasteiger charge is -2.22. The van der Waals surface area contributed by atoms with Crippen LogP contribution in [0.4, 0.5) is 15.2 Å². The third kappa shape index (κ3) is 3.60. The van der Waals surface area contributed by atoms with Crippen molar-refractivity contribution < 1.29 is 17.6 Å². The van der Waals surface area contributed by atoms with E-state index in [1.54, 1.807) is 0 Å². The van der Waals surface area contributed by atoms with E-state index >= 15 is 0 Å². The fraction of sp³-hybridized carbons (Fsp3) is 0.211. The molecule has 1 aromatic heterocycles. The van der Waals surface area contributed by atoms with E-state index in [1.165, 1.54) is 28.6 Å². The highest BCUT2D eigenvalue weighted by molar-refractivity contribution is 7.94. The number of amides is 1. The van der Waals surface area contributed by atoms with Crippen LogP contribution in [0.25, 0.3) is 0 Å². The molecular formula is C19H17FN4O3S2. The Morgan fingerprint density at radius 2 is 1.93 bits per heavy atom. The van der Waals surface area contributed by atoms with E-state index in [2.05, 4.69) is 15.5 Å². The van der Waals surface area contributed by atoms with Crippen LogP contribution in [0.3, 0.4) is 0 Å². The maximum absolute atomic E-state index is 13.2. The van der Waals surface area contributed by atoms with Crippen LogP contribution in [0, 0.1) is 12.7 Å². The molecule has 29 heavy (non-hydrogen) atoms. The topological polar surface area (TPSA) is 92.3 Å². The molecule has 2 aromatic carbocycles. The number of halogens is 1. The molecule has 0 fully saturated rings. The van der Waals surface area contributed by atoms with E-state index in [1.807, 2.05) is 32.0 Å². The van der Waals surface area contributed by atoms with E-state index < -0.39 is 21.7 Å². The SMILES string of the molecule is Cc1ccc2c(c1)N(S(=O)(=O)c1nnc(NC(=O)c3ccc(F)cc3)s1)C(C)C2. The van der Waals surface area contributed by atoms with Crippen LogP contribution < -0.4 is 9.62 Å².